The molecule has 0 spiro atoms. The van der Waals surface area contributed by atoms with Gasteiger partial charge < -0.3 is 15.5 Å². The third-order valence-electron chi connectivity index (χ3n) is 6.09. The second-order valence-electron chi connectivity index (χ2n) is 9.43. The summed E-state index contributed by atoms with van der Waals surface area (Å²) in [6, 6.07) is 1.07. The Kier molecular flexibility index (Phi) is 8.32. The van der Waals surface area contributed by atoms with Gasteiger partial charge in [-0.15, -0.1) is 5.10 Å². The number of hydrogen-bond acceptors (Lipinski definition) is 7. The maximum absolute atomic E-state index is 13.4. The van der Waals surface area contributed by atoms with E-state index in [0.717, 1.165) is 4.70 Å². The van der Waals surface area contributed by atoms with E-state index in [1.807, 2.05) is 0 Å². The molecule has 3 amide bonds. The van der Waals surface area contributed by atoms with Gasteiger partial charge in [0.15, 0.2) is 0 Å². The lowest BCUT2D eigenvalue weighted by atomic mass is 9.98. The molecule has 3 rings (SSSR count). The van der Waals surface area contributed by atoms with Gasteiger partial charge in [-0.05, 0) is 54.4 Å². The maximum atomic E-state index is 13.4. The second kappa shape index (κ2) is 10.9. The number of Topliss-reactive ketones (excluding diaryl/α,β-unsaturated/α-hetero) is 1. The summed E-state index contributed by atoms with van der Waals surface area (Å²) in [5, 5.41) is 8.85. The number of nitrogens with one attached hydrogen (secondary N) is 2. The minimum Gasteiger partial charge on any atom is -0.344 e. The number of carbonyl (C=O) groups is 4. The Hall–Kier alpha value is -3.09. The van der Waals surface area contributed by atoms with Crippen LogP contribution in [0.25, 0.3) is 10.2 Å². The molecular weight excluding hydrogens is 499 g/mol. The van der Waals surface area contributed by atoms with Crippen molar-refractivity contribution >= 4 is 45.3 Å². The molecule has 36 heavy (non-hydrogen) atoms. The van der Waals surface area contributed by atoms with E-state index in [-0.39, 0.29) is 24.4 Å². The summed E-state index contributed by atoms with van der Waals surface area (Å²) < 4.78 is 43.6. The fourth-order valence-corrected chi connectivity index (χ4v) is 4.64. The number of amides is 3. The summed E-state index contributed by atoms with van der Waals surface area (Å²) in [6.45, 7) is 6.47. The molecule has 2 heterocycles. The number of likely N-dealkylation sites (tertiary alicyclic amines) is 1. The van der Waals surface area contributed by atoms with Crippen molar-refractivity contribution in [3.05, 3.63) is 23.8 Å². The molecule has 0 saturated carbocycles. The molecule has 2 aromatic rings. The zero-order chi connectivity index (χ0) is 26.8. The lowest BCUT2D eigenvalue weighted by Crippen LogP contribution is -2.58. The number of aromatic nitrogens is 2. The fraction of sp³-hybridized carbons (Fsp3) is 0.565. The minimum atomic E-state index is -5.10. The summed E-state index contributed by atoms with van der Waals surface area (Å²) in [5.74, 6) is -5.04. The van der Waals surface area contributed by atoms with E-state index in [2.05, 4.69) is 20.2 Å². The molecule has 196 valence electrons. The van der Waals surface area contributed by atoms with Gasteiger partial charge in [0.05, 0.1) is 10.7 Å². The topological polar surface area (TPSA) is 121 Å². The first-order chi connectivity index (χ1) is 16.8. The molecule has 0 unspecified atom stereocenters. The first-order valence-electron chi connectivity index (χ1n) is 11.6. The minimum absolute atomic E-state index is 0.200. The second-order valence-corrected chi connectivity index (χ2v) is 10.2. The Bertz CT molecular complexity index is 1150. The Morgan fingerprint density at radius 1 is 1.06 bits per heavy atom. The molecule has 1 aromatic carbocycles. The zero-order valence-corrected chi connectivity index (χ0v) is 21.1. The average Bonchev–Trinajstić information content (AvgIpc) is 3.47. The number of alkyl halides is 3. The fourth-order valence-electron chi connectivity index (χ4n) is 4.10. The highest BCUT2D eigenvalue weighted by molar-refractivity contribution is 7.12. The van der Waals surface area contributed by atoms with Crippen molar-refractivity contribution in [2.75, 3.05) is 6.54 Å². The molecule has 3 atom stereocenters. The van der Waals surface area contributed by atoms with Crippen molar-refractivity contribution in [2.24, 2.45) is 11.8 Å². The number of fused-ring (bicyclic) bond motifs is 1. The number of rotatable bonds is 8. The smallest absolute Gasteiger partial charge is 0.344 e. The SMILES string of the molecule is CC(C)[C@H](NC(=O)c1ccc2snnc2c1)C(=O)N1CCC[C@H]1C(=O)N[C@H](C(=O)C(F)(F)F)C(C)C. The van der Waals surface area contributed by atoms with Crippen molar-refractivity contribution in [3.63, 3.8) is 0 Å². The highest BCUT2D eigenvalue weighted by atomic mass is 32.1. The van der Waals surface area contributed by atoms with E-state index >= 15 is 0 Å². The van der Waals surface area contributed by atoms with Gasteiger partial charge in [0, 0.05) is 12.1 Å². The van der Waals surface area contributed by atoms with Crippen LogP contribution in [0.4, 0.5) is 13.2 Å². The molecule has 1 aromatic heterocycles. The average molecular weight is 528 g/mol. The maximum Gasteiger partial charge on any atom is 0.452 e. The standard InChI is InChI=1S/C23H28F3N5O4S/c1-11(2)17(19(32)23(24,25)26)27-21(34)15-6-5-9-31(15)22(35)18(12(3)4)28-20(33)13-7-8-16-14(10-13)29-30-36-16/h7-8,10-12,15,17-18H,5-6,9H2,1-4H3,(H,27,34)(H,28,33)/t15-,17-,18-/m0/s1. The lowest BCUT2D eigenvalue weighted by molar-refractivity contribution is -0.175. The van der Waals surface area contributed by atoms with Gasteiger partial charge in [0.1, 0.15) is 17.6 Å². The number of carbonyl (C=O) groups excluding carboxylic acids is 4. The van der Waals surface area contributed by atoms with Gasteiger partial charge in [-0.2, -0.15) is 13.2 Å². The van der Waals surface area contributed by atoms with Crippen LogP contribution in [0.15, 0.2) is 18.2 Å². The van der Waals surface area contributed by atoms with Gasteiger partial charge in [0.25, 0.3) is 11.7 Å². The van der Waals surface area contributed by atoms with Crippen LogP contribution in [0.5, 0.6) is 0 Å². The third-order valence-corrected chi connectivity index (χ3v) is 6.80. The Labute approximate surface area is 210 Å². The molecule has 13 heteroatoms. The third kappa shape index (κ3) is 6.00. The first kappa shape index (κ1) is 27.5. The summed E-state index contributed by atoms with van der Waals surface area (Å²) >= 11 is 1.18. The predicted octanol–water partition coefficient (Wildman–Crippen LogP) is 2.71. The Balaban J connectivity index is 1.75. The molecule has 0 aliphatic carbocycles. The Morgan fingerprint density at radius 3 is 2.33 bits per heavy atom. The van der Waals surface area contributed by atoms with Gasteiger partial charge in [0.2, 0.25) is 11.8 Å². The largest absolute Gasteiger partial charge is 0.452 e. The number of nitrogens with zero attached hydrogens (tertiary/aromatic N) is 3. The van der Waals surface area contributed by atoms with E-state index in [4.69, 9.17) is 0 Å². The van der Waals surface area contributed by atoms with Crippen LogP contribution in [0.3, 0.4) is 0 Å². The van der Waals surface area contributed by atoms with Crippen molar-refractivity contribution < 1.29 is 32.3 Å². The van der Waals surface area contributed by atoms with Crippen LogP contribution >= 0.6 is 11.5 Å². The normalized spacial score (nSPS) is 17.9. The van der Waals surface area contributed by atoms with Crippen LogP contribution in [-0.4, -0.2) is 68.8 Å². The van der Waals surface area contributed by atoms with Gasteiger partial charge in [-0.1, -0.05) is 32.2 Å². The molecule has 9 nitrogen and oxygen atoms in total. The predicted molar refractivity (Wildman–Crippen MR) is 126 cm³/mol. The molecule has 0 bridgehead atoms. The number of halogens is 3. The van der Waals surface area contributed by atoms with Crippen LogP contribution < -0.4 is 10.6 Å². The van der Waals surface area contributed by atoms with Gasteiger partial charge in [-0.25, -0.2) is 0 Å². The Morgan fingerprint density at radius 2 is 1.72 bits per heavy atom. The number of benzene rings is 1. The van der Waals surface area contributed by atoms with Crippen LogP contribution in [0.1, 0.15) is 50.9 Å². The summed E-state index contributed by atoms with van der Waals surface area (Å²) in [5.41, 5.74) is 0.833. The van der Waals surface area contributed by atoms with E-state index in [1.165, 1.54) is 30.3 Å². The molecule has 1 aliphatic heterocycles. The number of ketones is 1. The summed E-state index contributed by atoms with van der Waals surface area (Å²) in [6.07, 6.45) is -4.41. The molecule has 1 aliphatic rings. The summed E-state index contributed by atoms with van der Waals surface area (Å²) in [4.78, 5) is 52.3. The molecule has 0 radical (unpaired) electrons. The van der Waals surface area contributed by atoms with Crippen LogP contribution in [0.2, 0.25) is 0 Å². The monoisotopic (exact) mass is 527 g/mol. The molecule has 2 N–H and O–H groups in total. The highest BCUT2D eigenvalue weighted by Crippen LogP contribution is 2.24. The summed E-state index contributed by atoms with van der Waals surface area (Å²) in [7, 11) is 0. The molecule has 1 saturated heterocycles. The van der Waals surface area contributed by atoms with Gasteiger partial charge in [-0.3, -0.25) is 19.2 Å². The van der Waals surface area contributed by atoms with Crippen molar-refractivity contribution in [3.8, 4) is 0 Å². The highest BCUT2D eigenvalue weighted by Gasteiger charge is 2.46. The van der Waals surface area contributed by atoms with Crippen molar-refractivity contribution in [1.82, 2.24) is 25.1 Å². The van der Waals surface area contributed by atoms with E-state index in [0.29, 0.717) is 11.9 Å². The van der Waals surface area contributed by atoms with Gasteiger partial charge >= 0.3 is 6.18 Å². The van der Waals surface area contributed by atoms with Crippen LogP contribution in [0, 0.1) is 11.8 Å². The molecule has 1 fully saturated rings. The van der Waals surface area contributed by atoms with Crippen LogP contribution in [-0.2, 0) is 14.4 Å². The number of hydrogen-bond donors (Lipinski definition) is 2. The lowest BCUT2D eigenvalue weighted by Gasteiger charge is -2.32. The zero-order valence-electron chi connectivity index (χ0n) is 20.3. The first-order valence-corrected chi connectivity index (χ1v) is 12.3. The van der Waals surface area contributed by atoms with E-state index in [1.54, 1.807) is 32.0 Å². The van der Waals surface area contributed by atoms with Crippen molar-refractivity contribution in [1.29, 1.82) is 0 Å². The molecular formula is C23H28F3N5O4S. The van der Waals surface area contributed by atoms with E-state index in [9.17, 15) is 32.3 Å². The van der Waals surface area contributed by atoms with E-state index < -0.39 is 53.7 Å². The quantitative estimate of drug-likeness (QED) is 0.545. The van der Waals surface area contributed by atoms with Crippen molar-refractivity contribution in [2.45, 2.75) is 64.8 Å².